The van der Waals surface area contributed by atoms with Gasteiger partial charge in [-0.2, -0.15) is 0 Å². The predicted octanol–water partition coefficient (Wildman–Crippen LogP) is 3.44. The first-order valence-corrected chi connectivity index (χ1v) is 5.51. The molecule has 0 heterocycles. The van der Waals surface area contributed by atoms with Gasteiger partial charge in [0.1, 0.15) is 0 Å². The largest absolute Gasteiger partial charge is 0.322 e. The zero-order chi connectivity index (χ0) is 10.4. The van der Waals surface area contributed by atoms with Gasteiger partial charge in [-0.1, -0.05) is 56.5 Å². The van der Waals surface area contributed by atoms with Gasteiger partial charge in [0, 0.05) is 5.54 Å². The second-order valence-electron chi connectivity index (χ2n) is 4.24. The maximum Gasteiger partial charge on any atom is 0.0381 e. The summed E-state index contributed by atoms with van der Waals surface area (Å²) in [5.41, 5.74) is 7.37. The lowest BCUT2D eigenvalue weighted by atomic mass is 9.88. The van der Waals surface area contributed by atoms with Crippen molar-refractivity contribution >= 4 is 0 Å². The fourth-order valence-electron chi connectivity index (χ4n) is 1.71. The Morgan fingerprint density at radius 1 is 1.14 bits per heavy atom. The van der Waals surface area contributed by atoms with E-state index in [2.05, 4.69) is 38.1 Å². The van der Waals surface area contributed by atoms with Crippen molar-refractivity contribution in [2.75, 3.05) is 0 Å². The van der Waals surface area contributed by atoms with Gasteiger partial charge in [-0.15, -0.1) is 0 Å². The van der Waals surface area contributed by atoms with Crippen LogP contribution in [0.2, 0.25) is 0 Å². The Bertz CT molecular complexity index is 251. The van der Waals surface area contributed by atoms with Crippen LogP contribution in [0.15, 0.2) is 30.3 Å². The molecule has 0 saturated carbocycles. The topological polar surface area (TPSA) is 26.0 Å². The van der Waals surface area contributed by atoms with Crippen LogP contribution in [0.4, 0.5) is 0 Å². The zero-order valence-electron chi connectivity index (χ0n) is 9.29. The lowest BCUT2D eigenvalue weighted by Gasteiger charge is -2.25. The van der Waals surface area contributed by atoms with E-state index in [4.69, 9.17) is 5.73 Å². The molecule has 2 N–H and O–H groups in total. The summed E-state index contributed by atoms with van der Waals surface area (Å²) in [6.07, 6.45) is 4.83. The predicted molar refractivity (Wildman–Crippen MR) is 62.1 cm³/mol. The minimum Gasteiger partial charge on any atom is -0.322 e. The number of unbranched alkanes of at least 4 members (excludes halogenated alkanes) is 2. The Hall–Kier alpha value is -0.820. The maximum absolute atomic E-state index is 6.28. The molecular weight excluding hydrogens is 170 g/mol. The molecule has 0 unspecified atom stereocenters. The quantitative estimate of drug-likeness (QED) is 0.709. The highest BCUT2D eigenvalue weighted by Crippen LogP contribution is 2.23. The molecule has 0 radical (unpaired) electrons. The lowest BCUT2D eigenvalue weighted by Crippen LogP contribution is -2.32. The minimum absolute atomic E-state index is 0.156. The average molecular weight is 191 g/mol. The van der Waals surface area contributed by atoms with E-state index < -0.39 is 0 Å². The molecule has 1 nitrogen and oxygen atoms in total. The summed E-state index contributed by atoms with van der Waals surface area (Å²) in [4.78, 5) is 0. The van der Waals surface area contributed by atoms with Crippen molar-refractivity contribution in [1.82, 2.24) is 0 Å². The summed E-state index contributed by atoms with van der Waals surface area (Å²) in [5.74, 6) is 0. The molecule has 0 aliphatic heterocycles. The molecule has 1 rings (SSSR count). The highest BCUT2D eigenvalue weighted by atomic mass is 14.7. The second-order valence-corrected chi connectivity index (χ2v) is 4.24. The third-order valence-corrected chi connectivity index (χ3v) is 2.73. The van der Waals surface area contributed by atoms with E-state index in [0.717, 1.165) is 6.42 Å². The van der Waals surface area contributed by atoms with E-state index in [1.165, 1.54) is 24.8 Å². The molecule has 1 heteroatoms. The molecule has 0 spiro atoms. The monoisotopic (exact) mass is 191 g/mol. The standard InChI is InChI=1S/C13H21N/c1-3-4-8-11-13(2,14)12-9-6-5-7-10-12/h5-7,9-10H,3-4,8,11,14H2,1-2H3/t13-/m0/s1. The lowest BCUT2D eigenvalue weighted by molar-refractivity contribution is 0.427. The van der Waals surface area contributed by atoms with Crippen molar-refractivity contribution < 1.29 is 0 Å². The van der Waals surface area contributed by atoms with Gasteiger partial charge in [-0.3, -0.25) is 0 Å². The molecule has 0 saturated heterocycles. The molecule has 1 atom stereocenters. The normalized spacial score (nSPS) is 15.1. The van der Waals surface area contributed by atoms with E-state index in [9.17, 15) is 0 Å². The van der Waals surface area contributed by atoms with Gasteiger partial charge >= 0.3 is 0 Å². The highest BCUT2D eigenvalue weighted by molar-refractivity contribution is 5.22. The number of hydrogen-bond acceptors (Lipinski definition) is 1. The summed E-state index contributed by atoms with van der Waals surface area (Å²) in [6, 6.07) is 10.4. The maximum atomic E-state index is 6.28. The van der Waals surface area contributed by atoms with E-state index >= 15 is 0 Å². The summed E-state index contributed by atoms with van der Waals surface area (Å²) in [5, 5.41) is 0. The molecule has 0 aromatic heterocycles. The molecule has 14 heavy (non-hydrogen) atoms. The van der Waals surface area contributed by atoms with Crippen LogP contribution in [-0.4, -0.2) is 0 Å². The van der Waals surface area contributed by atoms with Crippen molar-refractivity contribution in [3.8, 4) is 0 Å². The second kappa shape index (κ2) is 5.16. The average Bonchev–Trinajstić information content (AvgIpc) is 2.19. The van der Waals surface area contributed by atoms with Gasteiger partial charge in [-0.05, 0) is 18.9 Å². The van der Waals surface area contributed by atoms with E-state index in [1.807, 2.05) is 6.07 Å². The van der Waals surface area contributed by atoms with Crippen LogP contribution in [0, 0.1) is 0 Å². The van der Waals surface area contributed by atoms with Crippen LogP contribution in [0.1, 0.15) is 45.1 Å². The SMILES string of the molecule is CCCCC[C@](C)(N)c1ccccc1. The van der Waals surface area contributed by atoms with Gasteiger partial charge in [0.25, 0.3) is 0 Å². The third-order valence-electron chi connectivity index (χ3n) is 2.73. The highest BCUT2D eigenvalue weighted by Gasteiger charge is 2.19. The zero-order valence-corrected chi connectivity index (χ0v) is 9.29. The smallest absolute Gasteiger partial charge is 0.0381 e. The van der Waals surface area contributed by atoms with Crippen LogP contribution < -0.4 is 5.73 Å². The first kappa shape index (κ1) is 11.3. The van der Waals surface area contributed by atoms with Crippen LogP contribution in [0.5, 0.6) is 0 Å². The van der Waals surface area contributed by atoms with Crippen LogP contribution in [-0.2, 0) is 5.54 Å². The van der Waals surface area contributed by atoms with E-state index in [-0.39, 0.29) is 5.54 Å². The fraction of sp³-hybridized carbons (Fsp3) is 0.538. The molecule has 0 amide bonds. The van der Waals surface area contributed by atoms with Crippen LogP contribution in [0.25, 0.3) is 0 Å². The minimum atomic E-state index is -0.156. The summed E-state index contributed by atoms with van der Waals surface area (Å²) < 4.78 is 0. The molecule has 78 valence electrons. The Morgan fingerprint density at radius 3 is 2.36 bits per heavy atom. The van der Waals surface area contributed by atoms with Crippen molar-refractivity contribution in [3.05, 3.63) is 35.9 Å². The van der Waals surface area contributed by atoms with Crippen molar-refractivity contribution in [2.45, 2.75) is 45.1 Å². The summed E-state index contributed by atoms with van der Waals surface area (Å²) in [7, 11) is 0. The summed E-state index contributed by atoms with van der Waals surface area (Å²) >= 11 is 0. The Balaban J connectivity index is 2.56. The first-order chi connectivity index (χ1) is 6.67. The van der Waals surface area contributed by atoms with Crippen molar-refractivity contribution in [1.29, 1.82) is 0 Å². The summed E-state index contributed by atoms with van der Waals surface area (Å²) in [6.45, 7) is 4.34. The van der Waals surface area contributed by atoms with Crippen molar-refractivity contribution in [2.24, 2.45) is 5.73 Å². The van der Waals surface area contributed by atoms with E-state index in [0.29, 0.717) is 0 Å². The van der Waals surface area contributed by atoms with Gasteiger partial charge < -0.3 is 5.73 Å². The molecular formula is C13H21N. The molecule has 0 bridgehead atoms. The van der Waals surface area contributed by atoms with Gasteiger partial charge in [0.15, 0.2) is 0 Å². The van der Waals surface area contributed by atoms with Crippen molar-refractivity contribution in [3.63, 3.8) is 0 Å². The molecule has 1 aromatic carbocycles. The molecule has 0 aliphatic rings. The van der Waals surface area contributed by atoms with Gasteiger partial charge in [0.2, 0.25) is 0 Å². The Morgan fingerprint density at radius 2 is 1.79 bits per heavy atom. The van der Waals surface area contributed by atoms with E-state index in [1.54, 1.807) is 0 Å². The Kier molecular flexibility index (Phi) is 4.15. The number of rotatable bonds is 5. The molecule has 1 aromatic rings. The number of hydrogen-bond donors (Lipinski definition) is 1. The van der Waals surface area contributed by atoms with Gasteiger partial charge in [-0.25, -0.2) is 0 Å². The molecule has 0 fully saturated rings. The molecule has 0 aliphatic carbocycles. The van der Waals surface area contributed by atoms with Gasteiger partial charge in [0.05, 0.1) is 0 Å². The number of nitrogens with two attached hydrogens (primary N) is 1. The van der Waals surface area contributed by atoms with Crippen LogP contribution >= 0.6 is 0 Å². The Labute approximate surface area is 87.3 Å². The number of benzene rings is 1. The fourth-order valence-corrected chi connectivity index (χ4v) is 1.71. The van der Waals surface area contributed by atoms with Crippen LogP contribution in [0.3, 0.4) is 0 Å². The first-order valence-electron chi connectivity index (χ1n) is 5.51. The third kappa shape index (κ3) is 3.15.